The maximum Gasteiger partial charge on any atom is 0.231 e. The van der Waals surface area contributed by atoms with E-state index in [1.165, 1.54) is 5.56 Å². The van der Waals surface area contributed by atoms with Crippen molar-refractivity contribution in [2.45, 2.75) is 13.5 Å². The summed E-state index contributed by atoms with van der Waals surface area (Å²) in [6, 6.07) is 20.9. The van der Waals surface area contributed by atoms with Gasteiger partial charge in [0, 0.05) is 6.07 Å². The van der Waals surface area contributed by atoms with Gasteiger partial charge in [0.15, 0.2) is 5.76 Å². The summed E-state index contributed by atoms with van der Waals surface area (Å²) in [6.07, 6.45) is 1.76. The monoisotopic (exact) mass is 372 g/mol. The molecule has 3 aromatic carbocycles. The van der Waals surface area contributed by atoms with Crippen molar-refractivity contribution in [3.05, 3.63) is 94.7 Å². The number of ketones is 1. The first-order valence-corrected chi connectivity index (χ1v) is 9.03. The van der Waals surface area contributed by atoms with Crippen LogP contribution in [0.3, 0.4) is 0 Å². The zero-order valence-electron chi connectivity index (χ0n) is 15.8. The number of benzene rings is 3. The van der Waals surface area contributed by atoms with Crippen molar-refractivity contribution in [3.63, 3.8) is 0 Å². The lowest BCUT2D eigenvalue weighted by atomic mass is 10.1. The number of hydrogen-bond donors (Lipinski definition) is 0. The molecule has 0 amide bonds. The van der Waals surface area contributed by atoms with E-state index in [9.17, 15) is 4.79 Å². The lowest BCUT2D eigenvalue weighted by Gasteiger charge is -2.08. The van der Waals surface area contributed by atoms with Crippen LogP contribution in [0.2, 0.25) is 0 Å². The van der Waals surface area contributed by atoms with Crippen LogP contribution in [0.5, 0.6) is 17.2 Å². The summed E-state index contributed by atoms with van der Waals surface area (Å²) >= 11 is 0. The Kier molecular flexibility index (Phi) is 4.85. The number of methoxy groups -OCH3 is 1. The Morgan fingerprint density at radius 1 is 0.929 bits per heavy atom. The lowest BCUT2D eigenvalue weighted by molar-refractivity contribution is 0.101. The van der Waals surface area contributed by atoms with E-state index in [0.29, 0.717) is 29.4 Å². The molecule has 0 spiro atoms. The van der Waals surface area contributed by atoms with Gasteiger partial charge in [-0.2, -0.15) is 0 Å². The molecule has 0 saturated carbocycles. The number of hydrogen-bond acceptors (Lipinski definition) is 4. The number of ether oxygens (including phenoxy) is 3. The van der Waals surface area contributed by atoms with Gasteiger partial charge in [-0.05, 0) is 48.4 Å². The highest BCUT2D eigenvalue weighted by Crippen LogP contribution is 2.35. The number of allylic oxidation sites excluding steroid dienone is 1. The van der Waals surface area contributed by atoms with Gasteiger partial charge in [0.05, 0.1) is 12.7 Å². The molecule has 28 heavy (non-hydrogen) atoms. The third kappa shape index (κ3) is 3.76. The predicted octanol–water partition coefficient (Wildman–Crippen LogP) is 5.20. The summed E-state index contributed by atoms with van der Waals surface area (Å²) in [7, 11) is 1.64. The highest BCUT2D eigenvalue weighted by Gasteiger charge is 2.27. The van der Waals surface area contributed by atoms with E-state index in [1.807, 2.05) is 55.5 Å². The SMILES string of the molecule is COc1ccc(COc2ccc3c(c2)OC(=Cc2ccc(C)cc2)C3=O)cc1. The van der Waals surface area contributed by atoms with E-state index in [-0.39, 0.29) is 5.78 Å². The maximum absolute atomic E-state index is 12.6. The van der Waals surface area contributed by atoms with E-state index >= 15 is 0 Å². The third-order valence-electron chi connectivity index (χ3n) is 4.58. The van der Waals surface area contributed by atoms with Gasteiger partial charge in [0.2, 0.25) is 5.78 Å². The van der Waals surface area contributed by atoms with Crippen LogP contribution in [0.15, 0.2) is 72.5 Å². The zero-order valence-corrected chi connectivity index (χ0v) is 15.8. The molecule has 1 heterocycles. The Labute approximate surface area is 164 Å². The summed E-state index contributed by atoms with van der Waals surface area (Å²) in [5.41, 5.74) is 3.67. The number of aryl methyl sites for hydroxylation is 1. The Hall–Kier alpha value is -3.53. The van der Waals surface area contributed by atoms with Crippen molar-refractivity contribution in [3.8, 4) is 17.2 Å². The van der Waals surface area contributed by atoms with Crippen molar-refractivity contribution in [2.24, 2.45) is 0 Å². The number of Topliss-reactive ketones (excluding diaryl/α,β-unsaturated/α-hetero) is 1. The van der Waals surface area contributed by atoms with Crippen LogP contribution >= 0.6 is 0 Å². The minimum Gasteiger partial charge on any atom is -0.497 e. The average molecular weight is 372 g/mol. The van der Waals surface area contributed by atoms with Crippen LogP contribution in [0, 0.1) is 6.92 Å². The second-order valence-electron chi connectivity index (χ2n) is 6.65. The topological polar surface area (TPSA) is 44.8 Å². The van der Waals surface area contributed by atoms with Crippen molar-refractivity contribution in [1.29, 1.82) is 0 Å². The van der Waals surface area contributed by atoms with Crippen LogP contribution in [-0.4, -0.2) is 12.9 Å². The quantitative estimate of drug-likeness (QED) is 0.578. The summed E-state index contributed by atoms with van der Waals surface area (Å²) in [5, 5.41) is 0. The molecule has 4 heteroatoms. The molecule has 0 aromatic heterocycles. The van der Waals surface area contributed by atoms with E-state index in [1.54, 1.807) is 31.4 Å². The first-order chi connectivity index (χ1) is 13.6. The highest BCUT2D eigenvalue weighted by atomic mass is 16.5. The molecule has 0 unspecified atom stereocenters. The molecule has 1 aliphatic heterocycles. The second-order valence-corrected chi connectivity index (χ2v) is 6.65. The van der Waals surface area contributed by atoms with Gasteiger partial charge >= 0.3 is 0 Å². The molecule has 0 saturated heterocycles. The third-order valence-corrected chi connectivity index (χ3v) is 4.58. The van der Waals surface area contributed by atoms with Crippen molar-refractivity contribution < 1.29 is 19.0 Å². The van der Waals surface area contributed by atoms with Crippen LogP contribution in [-0.2, 0) is 6.61 Å². The van der Waals surface area contributed by atoms with Gasteiger partial charge in [-0.15, -0.1) is 0 Å². The Morgan fingerprint density at radius 2 is 1.64 bits per heavy atom. The smallest absolute Gasteiger partial charge is 0.231 e. The van der Waals surface area contributed by atoms with Crippen LogP contribution in [0.4, 0.5) is 0 Å². The number of carbonyl (C=O) groups is 1. The van der Waals surface area contributed by atoms with E-state index in [4.69, 9.17) is 14.2 Å². The fraction of sp³-hybridized carbons (Fsp3) is 0.125. The van der Waals surface area contributed by atoms with Gasteiger partial charge in [-0.1, -0.05) is 42.0 Å². The number of carbonyl (C=O) groups excluding carboxylic acids is 1. The summed E-state index contributed by atoms with van der Waals surface area (Å²) in [5.74, 6) is 2.19. The van der Waals surface area contributed by atoms with Gasteiger partial charge in [-0.25, -0.2) is 0 Å². The van der Waals surface area contributed by atoms with Crippen molar-refractivity contribution in [2.75, 3.05) is 7.11 Å². The van der Waals surface area contributed by atoms with Crippen LogP contribution in [0.1, 0.15) is 27.0 Å². The van der Waals surface area contributed by atoms with E-state index < -0.39 is 0 Å². The molecule has 0 bridgehead atoms. The van der Waals surface area contributed by atoms with Gasteiger partial charge in [0.25, 0.3) is 0 Å². The van der Waals surface area contributed by atoms with Gasteiger partial charge in [0.1, 0.15) is 23.9 Å². The molecule has 0 radical (unpaired) electrons. The first-order valence-electron chi connectivity index (χ1n) is 9.03. The minimum atomic E-state index is -0.114. The average Bonchev–Trinajstić information content (AvgIpc) is 3.03. The largest absolute Gasteiger partial charge is 0.497 e. The maximum atomic E-state index is 12.6. The normalized spacial score (nSPS) is 13.9. The number of fused-ring (bicyclic) bond motifs is 1. The molecule has 1 aliphatic rings. The van der Waals surface area contributed by atoms with Crippen molar-refractivity contribution in [1.82, 2.24) is 0 Å². The van der Waals surface area contributed by atoms with Gasteiger partial charge < -0.3 is 14.2 Å². The Balaban J connectivity index is 1.47. The fourth-order valence-electron chi connectivity index (χ4n) is 2.96. The zero-order chi connectivity index (χ0) is 19.5. The van der Waals surface area contributed by atoms with Crippen molar-refractivity contribution >= 4 is 11.9 Å². The Bertz CT molecular complexity index is 1030. The molecular weight excluding hydrogens is 352 g/mol. The molecule has 140 valence electrons. The standard InChI is InChI=1S/C24H20O4/c1-16-3-5-17(6-4-16)13-23-24(25)21-12-11-20(14-22(21)28-23)27-15-18-7-9-19(26-2)10-8-18/h3-14H,15H2,1-2H3. The molecule has 0 atom stereocenters. The molecule has 0 N–H and O–H groups in total. The molecule has 3 aromatic rings. The molecule has 4 rings (SSSR count). The summed E-state index contributed by atoms with van der Waals surface area (Å²) < 4.78 is 16.8. The highest BCUT2D eigenvalue weighted by molar-refractivity contribution is 6.14. The van der Waals surface area contributed by atoms with Crippen LogP contribution in [0.25, 0.3) is 6.08 Å². The summed E-state index contributed by atoms with van der Waals surface area (Å²) in [6.45, 7) is 2.44. The molecular formula is C24H20O4. The summed E-state index contributed by atoms with van der Waals surface area (Å²) in [4.78, 5) is 12.6. The lowest BCUT2D eigenvalue weighted by Crippen LogP contribution is -1.98. The van der Waals surface area contributed by atoms with Gasteiger partial charge in [-0.3, -0.25) is 4.79 Å². The predicted molar refractivity (Wildman–Crippen MR) is 108 cm³/mol. The molecule has 0 aliphatic carbocycles. The number of rotatable bonds is 5. The van der Waals surface area contributed by atoms with Crippen LogP contribution < -0.4 is 14.2 Å². The Morgan fingerprint density at radius 3 is 2.36 bits per heavy atom. The fourth-order valence-corrected chi connectivity index (χ4v) is 2.96. The minimum absolute atomic E-state index is 0.114. The first kappa shape index (κ1) is 17.9. The molecule has 0 fully saturated rings. The van der Waals surface area contributed by atoms with E-state index in [2.05, 4.69) is 0 Å². The second kappa shape index (κ2) is 7.61. The molecule has 4 nitrogen and oxygen atoms in total. The van der Waals surface area contributed by atoms with E-state index in [0.717, 1.165) is 16.9 Å².